The molecule has 0 amide bonds. The fraction of sp³-hybridized carbons (Fsp3) is 0.500. The number of nitrogens with zero attached hydrogens (tertiary/aromatic N) is 1. The van der Waals surface area contributed by atoms with Crippen molar-refractivity contribution < 1.29 is 13.2 Å². The Morgan fingerprint density at radius 2 is 2.10 bits per heavy atom. The molecule has 1 heterocycles. The van der Waals surface area contributed by atoms with E-state index in [2.05, 4.69) is 17.2 Å². The summed E-state index contributed by atoms with van der Waals surface area (Å²) < 4.78 is 38.3. The third-order valence-corrected chi connectivity index (χ3v) is 4.58. The first kappa shape index (κ1) is 16.5. The Morgan fingerprint density at radius 3 is 2.71 bits per heavy atom. The number of rotatable bonds is 2. The van der Waals surface area contributed by atoms with E-state index < -0.39 is 11.7 Å². The van der Waals surface area contributed by atoms with Crippen molar-refractivity contribution in [3.63, 3.8) is 0 Å². The number of alkyl halides is 3. The van der Waals surface area contributed by atoms with Crippen molar-refractivity contribution in [2.75, 3.05) is 11.1 Å². The first-order valence-corrected chi connectivity index (χ1v) is 7.96. The van der Waals surface area contributed by atoms with Crippen molar-refractivity contribution in [2.24, 2.45) is 4.99 Å². The Morgan fingerprint density at radius 1 is 1.38 bits per heavy atom. The van der Waals surface area contributed by atoms with E-state index in [1.54, 1.807) is 0 Å². The van der Waals surface area contributed by atoms with Crippen molar-refractivity contribution in [1.29, 1.82) is 0 Å². The number of hydrogen-bond acceptors (Lipinski definition) is 3. The van der Waals surface area contributed by atoms with Crippen LogP contribution in [0, 0.1) is 0 Å². The molecule has 21 heavy (non-hydrogen) atoms. The molecule has 1 aliphatic rings. The van der Waals surface area contributed by atoms with Crippen molar-refractivity contribution in [2.45, 2.75) is 38.4 Å². The van der Waals surface area contributed by atoms with E-state index in [1.807, 2.05) is 6.92 Å². The average Bonchev–Trinajstić information content (AvgIpc) is 2.37. The molecule has 1 unspecified atom stereocenters. The van der Waals surface area contributed by atoms with Crippen LogP contribution in [0.4, 0.5) is 18.9 Å². The SMILES string of the molecule is CCC1(C)CCSC(Nc2cc(Cl)cc(C(F)(F)F)c2)=N1. The molecular formula is C14H16ClF3N2S. The molecule has 2 nitrogen and oxygen atoms in total. The molecule has 1 atom stereocenters. The Balaban J connectivity index is 2.26. The van der Waals surface area contributed by atoms with Crippen LogP contribution in [0.25, 0.3) is 0 Å². The Labute approximate surface area is 131 Å². The van der Waals surface area contributed by atoms with Crippen LogP contribution < -0.4 is 5.32 Å². The maximum atomic E-state index is 12.8. The van der Waals surface area contributed by atoms with Gasteiger partial charge in [0.05, 0.1) is 11.1 Å². The number of amidine groups is 1. The zero-order valence-corrected chi connectivity index (χ0v) is 13.3. The van der Waals surface area contributed by atoms with E-state index in [4.69, 9.17) is 11.6 Å². The Hall–Kier alpha value is -0.880. The van der Waals surface area contributed by atoms with E-state index in [1.165, 1.54) is 17.8 Å². The van der Waals surface area contributed by atoms with Crippen LogP contribution >= 0.6 is 23.4 Å². The molecule has 1 aromatic carbocycles. The van der Waals surface area contributed by atoms with E-state index in [0.717, 1.165) is 30.7 Å². The van der Waals surface area contributed by atoms with Gasteiger partial charge in [-0.3, -0.25) is 4.99 Å². The first-order chi connectivity index (χ1) is 9.72. The Kier molecular flexibility index (Phi) is 4.78. The van der Waals surface area contributed by atoms with Crippen LogP contribution in [0.2, 0.25) is 5.02 Å². The summed E-state index contributed by atoms with van der Waals surface area (Å²) in [4.78, 5) is 4.59. The van der Waals surface area contributed by atoms with Crippen molar-refractivity contribution in [1.82, 2.24) is 0 Å². The highest BCUT2D eigenvalue weighted by Gasteiger charge is 2.31. The summed E-state index contributed by atoms with van der Waals surface area (Å²) in [5, 5.41) is 3.64. The minimum atomic E-state index is -4.42. The van der Waals surface area contributed by atoms with Gasteiger partial charge >= 0.3 is 6.18 Å². The second-order valence-corrected chi connectivity index (χ2v) is 6.74. The fourth-order valence-electron chi connectivity index (χ4n) is 1.97. The predicted molar refractivity (Wildman–Crippen MR) is 83.3 cm³/mol. The highest BCUT2D eigenvalue weighted by atomic mass is 35.5. The van der Waals surface area contributed by atoms with E-state index in [9.17, 15) is 13.2 Å². The number of nitrogens with one attached hydrogen (secondary N) is 1. The summed E-state index contributed by atoms with van der Waals surface area (Å²) in [5.41, 5.74) is -0.613. The van der Waals surface area contributed by atoms with E-state index in [-0.39, 0.29) is 10.6 Å². The minimum absolute atomic E-state index is 0.0481. The van der Waals surface area contributed by atoms with Crippen LogP contribution in [0.3, 0.4) is 0 Å². The smallest absolute Gasteiger partial charge is 0.335 e. The van der Waals surface area contributed by atoms with Gasteiger partial charge in [-0.2, -0.15) is 13.2 Å². The van der Waals surface area contributed by atoms with Crippen molar-refractivity contribution in [3.05, 3.63) is 28.8 Å². The molecule has 0 spiro atoms. The lowest BCUT2D eigenvalue weighted by Gasteiger charge is -2.29. The standard InChI is InChI=1S/C14H16ClF3N2S/c1-3-13(2)4-5-21-12(20-13)19-11-7-9(14(16,17)18)6-10(15)8-11/h6-8H,3-5H2,1-2H3,(H,19,20). The summed E-state index contributed by atoms with van der Waals surface area (Å²) in [6.45, 7) is 4.10. The number of aliphatic imine (C=N–C) groups is 1. The van der Waals surface area contributed by atoms with Gasteiger partial charge < -0.3 is 5.32 Å². The molecule has 0 aromatic heterocycles. The summed E-state index contributed by atoms with van der Waals surface area (Å²) in [7, 11) is 0. The molecule has 7 heteroatoms. The van der Waals surface area contributed by atoms with Crippen LogP contribution in [0.15, 0.2) is 23.2 Å². The highest BCUT2D eigenvalue weighted by Crippen LogP contribution is 2.34. The molecule has 0 saturated heterocycles. The van der Waals surface area contributed by atoms with Gasteiger partial charge in [0.15, 0.2) is 5.17 Å². The second-order valence-electron chi connectivity index (χ2n) is 5.22. The van der Waals surface area contributed by atoms with Gasteiger partial charge in [-0.15, -0.1) is 0 Å². The first-order valence-electron chi connectivity index (χ1n) is 6.59. The molecule has 2 rings (SSSR count). The summed E-state index contributed by atoms with van der Waals surface area (Å²) in [6, 6.07) is 3.43. The predicted octanol–water partition coefficient (Wildman–Crippen LogP) is 5.43. The number of hydrogen-bond donors (Lipinski definition) is 1. The van der Waals surface area contributed by atoms with E-state index >= 15 is 0 Å². The van der Waals surface area contributed by atoms with Gasteiger partial charge in [0.1, 0.15) is 0 Å². The maximum absolute atomic E-state index is 12.8. The van der Waals surface area contributed by atoms with Gasteiger partial charge in [-0.25, -0.2) is 0 Å². The van der Waals surface area contributed by atoms with Gasteiger partial charge in [-0.1, -0.05) is 30.3 Å². The topological polar surface area (TPSA) is 24.4 Å². The summed E-state index contributed by atoms with van der Waals surface area (Å²) in [6.07, 6.45) is -2.56. The molecule has 0 radical (unpaired) electrons. The van der Waals surface area contributed by atoms with E-state index in [0.29, 0.717) is 10.9 Å². The molecule has 1 aromatic rings. The van der Waals surface area contributed by atoms with Gasteiger partial charge in [-0.05, 0) is 38.0 Å². The third-order valence-electron chi connectivity index (χ3n) is 3.49. The number of thioether (sulfide) groups is 1. The normalized spacial score (nSPS) is 22.9. The zero-order chi connectivity index (χ0) is 15.7. The van der Waals surface area contributed by atoms with Crippen LogP contribution in [-0.2, 0) is 6.18 Å². The summed E-state index contributed by atoms with van der Waals surface area (Å²) in [5.74, 6) is 0.892. The minimum Gasteiger partial charge on any atom is -0.335 e. The van der Waals surface area contributed by atoms with Crippen LogP contribution in [0.5, 0.6) is 0 Å². The zero-order valence-electron chi connectivity index (χ0n) is 11.7. The number of benzene rings is 1. The number of anilines is 1. The highest BCUT2D eigenvalue weighted by molar-refractivity contribution is 8.14. The lowest BCUT2D eigenvalue weighted by molar-refractivity contribution is -0.137. The summed E-state index contributed by atoms with van der Waals surface area (Å²) >= 11 is 7.28. The monoisotopic (exact) mass is 336 g/mol. The maximum Gasteiger partial charge on any atom is 0.416 e. The van der Waals surface area contributed by atoms with Crippen molar-refractivity contribution >= 4 is 34.2 Å². The molecule has 0 bridgehead atoms. The van der Waals surface area contributed by atoms with Gasteiger partial charge in [0.25, 0.3) is 0 Å². The fourth-order valence-corrected chi connectivity index (χ4v) is 3.41. The molecule has 0 saturated carbocycles. The van der Waals surface area contributed by atoms with Crippen molar-refractivity contribution in [3.8, 4) is 0 Å². The van der Waals surface area contributed by atoms with Gasteiger partial charge in [0.2, 0.25) is 0 Å². The molecule has 1 aliphatic heterocycles. The quantitative estimate of drug-likeness (QED) is 0.778. The lowest BCUT2D eigenvalue weighted by atomic mass is 9.97. The Bertz CT molecular complexity index is 560. The third kappa shape index (κ3) is 4.30. The molecular weight excluding hydrogens is 321 g/mol. The molecule has 0 aliphatic carbocycles. The second kappa shape index (κ2) is 6.08. The average molecular weight is 337 g/mol. The largest absolute Gasteiger partial charge is 0.416 e. The van der Waals surface area contributed by atoms with Gasteiger partial charge in [0, 0.05) is 16.5 Å². The molecule has 116 valence electrons. The molecule has 0 fully saturated rings. The molecule has 1 N–H and O–H groups in total. The number of halogens is 4. The van der Waals surface area contributed by atoms with Crippen LogP contribution in [0.1, 0.15) is 32.3 Å². The van der Waals surface area contributed by atoms with Crippen LogP contribution in [-0.4, -0.2) is 16.5 Å². The lowest BCUT2D eigenvalue weighted by Crippen LogP contribution is -2.29.